The number of nitrogens with zero attached hydrogens (tertiary/aromatic N) is 2. The van der Waals surface area contributed by atoms with Crippen molar-refractivity contribution >= 4 is 10.9 Å². The lowest BCUT2D eigenvalue weighted by Crippen LogP contribution is -2.21. The average Bonchev–Trinajstić information content (AvgIpc) is 2.92. The zero-order valence-electron chi connectivity index (χ0n) is 12.4. The Kier molecular flexibility index (Phi) is 4.02. The summed E-state index contributed by atoms with van der Waals surface area (Å²) in [4.78, 5) is 4.18. The summed E-state index contributed by atoms with van der Waals surface area (Å²) in [5.74, 6) is 0. The van der Waals surface area contributed by atoms with Crippen molar-refractivity contribution in [3.05, 3.63) is 66.1 Å². The summed E-state index contributed by atoms with van der Waals surface area (Å²) in [6.07, 6.45) is 7.82. The van der Waals surface area contributed by atoms with E-state index in [-0.39, 0.29) is 6.04 Å². The van der Waals surface area contributed by atoms with Gasteiger partial charge in [0.25, 0.3) is 0 Å². The summed E-state index contributed by atoms with van der Waals surface area (Å²) in [6, 6.07) is 13.0. The van der Waals surface area contributed by atoms with Gasteiger partial charge in [0, 0.05) is 42.1 Å². The molecule has 108 valence electrons. The van der Waals surface area contributed by atoms with E-state index in [1.54, 1.807) is 0 Å². The second-order valence-corrected chi connectivity index (χ2v) is 5.53. The largest absolute Gasteiger partial charge is 0.343 e. The SMILES string of the molecule is CCC(N)Cc1cccc2c1ccn2Cc1cccnc1. The van der Waals surface area contributed by atoms with Gasteiger partial charge in [0.05, 0.1) is 0 Å². The van der Waals surface area contributed by atoms with E-state index in [9.17, 15) is 0 Å². The van der Waals surface area contributed by atoms with Crippen LogP contribution in [0.1, 0.15) is 24.5 Å². The second-order valence-electron chi connectivity index (χ2n) is 5.53. The molecule has 0 aliphatic rings. The predicted molar refractivity (Wildman–Crippen MR) is 87.2 cm³/mol. The van der Waals surface area contributed by atoms with Crippen LogP contribution in [0.5, 0.6) is 0 Å². The summed E-state index contributed by atoms with van der Waals surface area (Å²) >= 11 is 0. The number of aromatic nitrogens is 2. The molecule has 2 aromatic heterocycles. The van der Waals surface area contributed by atoms with E-state index in [2.05, 4.69) is 53.0 Å². The van der Waals surface area contributed by atoms with Gasteiger partial charge in [-0.05, 0) is 42.2 Å². The van der Waals surface area contributed by atoms with Crippen LogP contribution >= 0.6 is 0 Å². The third-order valence-electron chi connectivity index (χ3n) is 3.99. The first-order chi connectivity index (χ1) is 10.3. The molecule has 0 spiro atoms. The van der Waals surface area contributed by atoms with E-state index in [0.717, 1.165) is 19.4 Å². The third kappa shape index (κ3) is 2.98. The first-order valence-electron chi connectivity index (χ1n) is 7.49. The number of nitrogens with two attached hydrogens (primary N) is 1. The van der Waals surface area contributed by atoms with Crippen LogP contribution in [0.4, 0.5) is 0 Å². The molecule has 2 heterocycles. The van der Waals surface area contributed by atoms with Crippen molar-refractivity contribution in [2.45, 2.75) is 32.4 Å². The highest BCUT2D eigenvalue weighted by molar-refractivity contribution is 5.83. The fraction of sp³-hybridized carbons (Fsp3) is 0.278. The molecule has 0 aliphatic carbocycles. The number of hydrogen-bond acceptors (Lipinski definition) is 2. The zero-order valence-corrected chi connectivity index (χ0v) is 12.4. The molecule has 0 saturated carbocycles. The summed E-state index contributed by atoms with van der Waals surface area (Å²) in [5, 5.41) is 1.31. The van der Waals surface area contributed by atoms with Gasteiger partial charge < -0.3 is 10.3 Å². The number of fused-ring (bicyclic) bond motifs is 1. The van der Waals surface area contributed by atoms with Crippen molar-refractivity contribution in [2.75, 3.05) is 0 Å². The Balaban J connectivity index is 1.93. The monoisotopic (exact) mass is 279 g/mol. The van der Waals surface area contributed by atoms with Gasteiger partial charge in [-0.15, -0.1) is 0 Å². The van der Waals surface area contributed by atoms with Gasteiger partial charge in [-0.3, -0.25) is 4.98 Å². The molecule has 3 heteroatoms. The van der Waals surface area contributed by atoms with Crippen LogP contribution in [0.3, 0.4) is 0 Å². The standard InChI is InChI=1S/C18H21N3/c1-2-16(19)11-15-6-3-7-18-17(15)8-10-21(18)13-14-5-4-9-20-12-14/h3-10,12,16H,2,11,13,19H2,1H3. The molecular weight excluding hydrogens is 258 g/mol. The van der Waals surface area contributed by atoms with Gasteiger partial charge in [-0.1, -0.05) is 25.1 Å². The van der Waals surface area contributed by atoms with Crippen LogP contribution in [0.15, 0.2) is 55.0 Å². The molecule has 2 N–H and O–H groups in total. The van der Waals surface area contributed by atoms with E-state index in [1.807, 2.05) is 18.5 Å². The fourth-order valence-electron chi connectivity index (χ4n) is 2.72. The third-order valence-corrected chi connectivity index (χ3v) is 3.99. The van der Waals surface area contributed by atoms with Gasteiger partial charge >= 0.3 is 0 Å². The molecule has 0 fully saturated rings. The summed E-state index contributed by atoms with van der Waals surface area (Å²) in [5.41, 5.74) is 9.93. The maximum Gasteiger partial charge on any atom is 0.0491 e. The number of benzene rings is 1. The van der Waals surface area contributed by atoms with Gasteiger partial charge in [0.2, 0.25) is 0 Å². The van der Waals surface area contributed by atoms with Crippen molar-refractivity contribution in [1.82, 2.24) is 9.55 Å². The molecule has 1 unspecified atom stereocenters. The highest BCUT2D eigenvalue weighted by Gasteiger charge is 2.08. The lowest BCUT2D eigenvalue weighted by Gasteiger charge is -2.11. The second kappa shape index (κ2) is 6.10. The molecule has 0 amide bonds. The van der Waals surface area contributed by atoms with E-state index in [0.29, 0.717) is 0 Å². The van der Waals surface area contributed by atoms with E-state index < -0.39 is 0 Å². The molecule has 0 bridgehead atoms. The Bertz CT molecular complexity index is 716. The Hall–Kier alpha value is -2.13. The number of hydrogen-bond donors (Lipinski definition) is 1. The van der Waals surface area contributed by atoms with Gasteiger partial charge in [0.15, 0.2) is 0 Å². The van der Waals surface area contributed by atoms with Crippen molar-refractivity contribution in [3.63, 3.8) is 0 Å². The lowest BCUT2D eigenvalue weighted by molar-refractivity contribution is 0.649. The molecule has 3 rings (SSSR count). The zero-order chi connectivity index (χ0) is 14.7. The average molecular weight is 279 g/mol. The lowest BCUT2D eigenvalue weighted by atomic mass is 10.0. The molecule has 0 saturated heterocycles. The fourth-order valence-corrected chi connectivity index (χ4v) is 2.72. The van der Waals surface area contributed by atoms with E-state index in [1.165, 1.54) is 22.0 Å². The number of rotatable bonds is 5. The van der Waals surface area contributed by atoms with Crippen LogP contribution in [-0.4, -0.2) is 15.6 Å². The Morgan fingerprint density at radius 1 is 1.19 bits per heavy atom. The van der Waals surface area contributed by atoms with Crippen LogP contribution in [0.2, 0.25) is 0 Å². The maximum absolute atomic E-state index is 6.11. The van der Waals surface area contributed by atoms with Crippen LogP contribution < -0.4 is 5.73 Å². The van der Waals surface area contributed by atoms with Crippen molar-refractivity contribution in [1.29, 1.82) is 0 Å². The summed E-state index contributed by atoms with van der Waals surface area (Å²) in [6.45, 7) is 2.99. The molecule has 3 aromatic rings. The smallest absolute Gasteiger partial charge is 0.0491 e. The van der Waals surface area contributed by atoms with Crippen LogP contribution in [0.25, 0.3) is 10.9 Å². The normalized spacial score (nSPS) is 12.7. The highest BCUT2D eigenvalue weighted by atomic mass is 15.0. The molecule has 21 heavy (non-hydrogen) atoms. The first-order valence-corrected chi connectivity index (χ1v) is 7.49. The van der Waals surface area contributed by atoms with Crippen molar-refractivity contribution in [2.24, 2.45) is 5.73 Å². The molecule has 1 aromatic carbocycles. The first kappa shape index (κ1) is 13.8. The quantitative estimate of drug-likeness (QED) is 0.778. The van der Waals surface area contributed by atoms with E-state index >= 15 is 0 Å². The Morgan fingerprint density at radius 2 is 2.10 bits per heavy atom. The van der Waals surface area contributed by atoms with E-state index in [4.69, 9.17) is 5.73 Å². The van der Waals surface area contributed by atoms with Crippen LogP contribution in [-0.2, 0) is 13.0 Å². The Morgan fingerprint density at radius 3 is 2.86 bits per heavy atom. The van der Waals surface area contributed by atoms with Gasteiger partial charge in [0.1, 0.15) is 0 Å². The molecule has 3 nitrogen and oxygen atoms in total. The Labute approximate surface area is 125 Å². The van der Waals surface area contributed by atoms with Crippen molar-refractivity contribution < 1.29 is 0 Å². The molecule has 0 aliphatic heterocycles. The van der Waals surface area contributed by atoms with Gasteiger partial charge in [-0.2, -0.15) is 0 Å². The number of pyridine rings is 1. The van der Waals surface area contributed by atoms with Crippen LogP contribution in [0, 0.1) is 0 Å². The highest BCUT2D eigenvalue weighted by Crippen LogP contribution is 2.22. The summed E-state index contributed by atoms with van der Waals surface area (Å²) < 4.78 is 2.27. The van der Waals surface area contributed by atoms with Gasteiger partial charge in [-0.25, -0.2) is 0 Å². The predicted octanol–water partition coefficient (Wildman–Crippen LogP) is 3.36. The molecule has 0 radical (unpaired) electrons. The minimum Gasteiger partial charge on any atom is -0.343 e. The minimum absolute atomic E-state index is 0.234. The molecular formula is C18H21N3. The summed E-state index contributed by atoms with van der Waals surface area (Å²) in [7, 11) is 0. The topological polar surface area (TPSA) is 43.8 Å². The minimum atomic E-state index is 0.234. The molecule has 1 atom stereocenters. The van der Waals surface area contributed by atoms with Crippen molar-refractivity contribution in [3.8, 4) is 0 Å². The maximum atomic E-state index is 6.11.